The highest BCUT2D eigenvalue weighted by Gasteiger charge is 2.41. The van der Waals surface area contributed by atoms with Crippen LogP contribution >= 0.6 is 22.9 Å². The van der Waals surface area contributed by atoms with Gasteiger partial charge in [-0.2, -0.15) is 0 Å². The van der Waals surface area contributed by atoms with E-state index >= 15 is 0 Å². The topological polar surface area (TPSA) is 25.8 Å². The minimum Gasteiger partial charge on any atom is -0.222 e. The van der Waals surface area contributed by atoms with Gasteiger partial charge in [0.25, 0.3) is 0 Å². The molecule has 0 aromatic carbocycles. The van der Waals surface area contributed by atoms with Gasteiger partial charge in [-0.15, -0.1) is 11.3 Å². The van der Waals surface area contributed by atoms with E-state index in [1.807, 2.05) is 13.8 Å². The third-order valence-electron chi connectivity index (χ3n) is 3.77. The highest BCUT2D eigenvalue weighted by atomic mass is 35.5. The van der Waals surface area contributed by atoms with Crippen molar-refractivity contribution in [3.63, 3.8) is 0 Å². The minimum atomic E-state index is -2.59. The lowest BCUT2D eigenvalue weighted by atomic mass is 10.1. The number of hydrogen-bond acceptors (Lipinski definition) is 3. The van der Waals surface area contributed by atoms with Gasteiger partial charge in [-0.3, -0.25) is 0 Å². The van der Waals surface area contributed by atoms with Gasteiger partial charge >= 0.3 is 0 Å². The Hall–Kier alpha value is -0.810. The number of alkyl halides is 2. The third-order valence-corrected chi connectivity index (χ3v) is 5.15. The van der Waals surface area contributed by atoms with E-state index in [-0.39, 0.29) is 18.8 Å². The molecule has 2 nitrogen and oxygen atoms in total. The highest BCUT2D eigenvalue weighted by molar-refractivity contribution is 7.18. The fourth-order valence-electron chi connectivity index (χ4n) is 2.57. The molecule has 102 valence electrons. The average molecular weight is 303 g/mol. The van der Waals surface area contributed by atoms with Crippen LogP contribution in [0.25, 0.3) is 10.2 Å². The van der Waals surface area contributed by atoms with E-state index < -0.39 is 5.92 Å². The van der Waals surface area contributed by atoms with Crippen LogP contribution in [0.2, 0.25) is 5.15 Å². The van der Waals surface area contributed by atoms with E-state index in [0.717, 1.165) is 20.7 Å². The zero-order chi connectivity index (χ0) is 13.8. The molecule has 0 bridgehead atoms. The first-order valence-electron chi connectivity index (χ1n) is 6.18. The Kier molecular flexibility index (Phi) is 3.02. The molecule has 1 aliphatic carbocycles. The summed E-state index contributed by atoms with van der Waals surface area (Å²) in [5.74, 6) is -2.40. The molecule has 2 heterocycles. The van der Waals surface area contributed by atoms with Crippen molar-refractivity contribution in [1.29, 1.82) is 0 Å². The monoisotopic (exact) mass is 302 g/mol. The summed E-state index contributed by atoms with van der Waals surface area (Å²) in [6, 6.07) is 0. The molecular formula is C13H13ClF2N2S. The number of fused-ring (bicyclic) bond motifs is 1. The first kappa shape index (κ1) is 13.2. The van der Waals surface area contributed by atoms with Crippen LogP contribution in [0.1, 0.15) is 41.4 Å². The van der Waals surface area contributed by atoms with Gasteiger partial charge in [-0.1, -0.05) is 11.6 Å². The van der Waals surface area contributed by atoms with Crippen molar-refractivity contribution < 1.29 is 8.78 Å². The van der Waals surface area contributed by atoms with Gasteiger partial charge in [0.2, 0.25) is 5.92 Å². The van der Waals surface area contributed by atoms with Gasteiger partial charge in [0, 0.05) is 23.6 Å². The summed E-state index contributed by atoms with van der Waals surface area (Å²) in [5.41, 5.74) is 1.08. The summed E-state index contributed by atoms with van der Waals surface area (Å²) in [4.78, 5) is 10.7. The van der Waals surface area contributed by atoms with E-state index in [9.17, 15) is 8.78 Å². The molecule has 2 aromatic heterocycles. The summed E-state index contributed by atoms with van der Waals surface area (Å²) in [5, 5.41) is 1.25. The largest absolute Gasteiger partial charge is 0.248 e. The van der Waals surface area contributed by atoms with Crippen molar-refractivity contribution in [3.05, 3.63) is 21.4 Å². The Morgan fingerprint density at radius 1 is 1.32 bits per heavy atom. The van der Waals surface area contributed by atoms with Crippen molar-refractivity contribution >= 4 is 33.2 Å². The van der Waals surface area contributed by atoms with Crippen LogP contribution in [-0.4, -0.2) is 15.9 Å². The normalized spacial score (nSPS) is 22.3. The second kappa shape index (κ2) is 4.35. The van der Waals surface area contributed by atoms with Gasteiger partial charge in [0.1, 0.15) is 15.8 Å². The van der Waals surface area contributed by atoms with Crippen LogP contribution < -0.4 is 0 Å². The number of nitrogens with zero attached hydrogens (tertiary/aromatic N) is 2. The number of hydrogen-bond donors (Lipinski definition) is 0. The van der Waals surface area contributed by atoms with Crippen molar-refractivity contribution in [2.75, 3.05) is 0 Å². The van der Waals surface area contributed by atoms with Crippen LogP contribution in [0.5, 0.6) is 0 Å². The molecule has 1 fully saturated rings. The standard InChI is InChI=1S/C13H13ClF2N2S/c1-6-7(2)19-12-9(6)10(14)17-11(18-12)8-3-4-13(15,16)5-8/h8H,3-5H2,1-2H3. The zero-order valence-corrected chi connectivity index (χ0v) is 12.2. The maximum atomic E-state index is 13.3. The van der Waals surface area contributed by atoms with E-state index in [4.69, 9.17) is 11.6 Å². The molecule has 0 aliphatic heterocycles. The lowest BCUT2D eigenvalue weighted by Gasteiger charge is -2.10. The molecule has 1 saturated carbocycles. The minimum absolute atomic E-state index is 0.0841. The fourth-order valence-corrected chi connectivity index (χ4v) is 3.98. The molecule has 1 atom stereocenters. The SMILES string of the molecule is Cc1sc2nc(C3CCC(F)(F)C3)nc(Cl)c2c1C. The van der Waals surface area contributed by atoms with E-state index in [1.54, 1.807) is 11.3 Å². The second-order valence-corrected chi connectivity index (χ2v) is 6.69. The Balaban J connectivity index is 2.07. The van der Waals surface area contributed by atoms with Crippen molar-refractivity contribution in [1.82, 2.24) is 9.97 Å². The number of aromatic nitrogens is 2. The lowest BCUT2D eigenvalue weighted by molar-refractivity contribution is 0.00755. The Morgan fingerprint density at radius 3 is 2.68 bits per heavy atom. The molecule has 6 heteroatoms. The number of halogens is 3. The number of thiophene rings is 1. The van der Waals surface area contributed by atoms with Crippen molar-refractivity contribution in [2.24, 2.45) is 0 Å². The molecule has 0 saturated heterocycles. The number of rotatable bonds is 1. The fraction of sp³-hybridized carbons (Fsp3) is 0.538. The Labute approximate surface area is 118 Å². The Bertz CT molecular complexity index is 654. The Morgan fingerprint density at radius 2 is 2.05 bits per heavy atom. The van der Waals surface area contributed by atoms with Crippen LogP contribution in [0.15, 0.2) is 0 Å². The molecule has 1 aliphatic rings. The molecule has 0 spiro atoms. The average Bonchev–Trinajstić information content (AvgIpc) is 2.81. The van der Waals surface area contributed by atoms with Gasteiger partial charge in [0.15, 0.2) is 0 Å². The quantitative estimate of drug-likeness (QED) is 0.703. The van der Waals surface area contributed by atoms with Crippen LogP contribution in [0, 0.1) is 13.8 Å². The molecule has 0 radical (unpaired) electrons. The zero-order valence-electron chi connectivity index (χ0n) is 10.6. The predicted octanol–water partition coefficient (Wildman–Crippen LogP) is 4.86. The van der Waals surface area contributed by atoms with Crippen LogP contribution in [0.4, 0.5) is 8.78 Å². The molecule has 0 N–H and O–H groups in total. The predicted molar refractivity (Wildman–Crippen MR) is 73.4 cm³/mol. The summed E-state index contributed by atoms with van der Waals surface area (Å²) in [6.07, 6.45) is 0.176. The van der Waals surface area contributed by atoms with E-state index in [1.165, 1.54) is 0 Å². The summed E-state index contributed by atoms with van der Waals surface area (Å²) in [7, 11) is 0. The first-order valence-corrected chi connectivity index (χ1v) is 7.38. The molecule has 0 amide bonds. The second-order valence-electron chi connectivity index (χ2n) is 5.13. The van der Waals surface area contributed by atoms with Crippen LogP contribution in [0.3, 0.4) is 0 Å². The number of aryl methyl sites for hydroxylation is 2. The van der Waals surface area contributed by atoms with E-state index in [2.05, 4.69) is 9.97 Å². The molecular weight excluding hydrogens is 290 g/mol. The maximum Gasteiger partial charge on any atom is 0.248 e. The molecule has 3 rings (SSSR count). The summed E-state index contributed by atoms with van der Waals surface area (Å²) in [6.45, 7) is 3.98. The van der Waals surface area contributed by atoms with Gasteiger partial charge in [-0.25, -0.2) is 18.7 Å². The first-order chi connectivity index (χ1) is 8.87. The lowest BCUT2D eigenvalue weighted by Crippen LogP contribution is -2.10. The van der Waals surface area contributed by atoms with Crippen molar-refractivity contribution in [2.45, 2.75) is 45.0 Å². The van der Waals surface area contributed by atoms with E-state index in [0.29, 0.717) is 17.4 Å². The smallest absolute Gasteiger partial charge is 0.222 e. The van der Waals surface area contributed by atoms with Gasteiger partial charge in [0.05, 0.1) is 5.39 Å². The third kappa shape index (κ3) is 2.23. The summed E-state index contributed by atoms with van der Waals surface area (Å²) < 4.78 is 26.6. The summed E-state index contributed by atoms with van der Waals surface area (Å²) >= 11 is 7.74. The molecule has 19 heavy (non-hydrogen) atoms. The van der Waals surface area contributed by atoms with Crippen molar-refractivity contribution in [3.8, 4) is 0 Å². The molecule has 2 aromatic rings. The van der Waals surface area contributed by atoms with Gasteiger partial charge in [-0.05, 0) is 25.8 Å². The molecule has 1 unspecified atom stereocenters. The van der Waals surface area contributed by atoms with Gasteiger partial charge < -0.3 is 0 Å². The maximum absolute atomic E-state index is 13.3. The van der Waals surface area contributed by atoms with Crippen LogP contribution in [-0.2, 0) is 0 Å². The highest BCUT2D eigenvalue weighted by Crippen LogP contribution is 2.44.